The summed E-state index contributed by atoms with van der Waals surface area (Å²) in [5, 5.41) is 10.9. The van der Waals surface area contributed by atoms with Gasteiger partial charge in [0, 0.05) is 12.6 Å². The van der Waals surface area contributed by atoms with Crippen molar-refractivity contribution in [2.45, 2.75) is 6.54 Å². The zero-order valence-electron chi connectivity index (χ0n) is 6.24. The van der Waals surface area contributed by atoms with Crippen LogP contribution in [-0.4, -0.2) is 9.55 Å². The molecule has 1 rings (SSSR count). The van der Waals surface area contributed by atoms with Gasteiger partial charge in [-0.15, -0.1) is 6.58 Å². The number of H-pyrrole nitrogens is 1. The molecule has 1 aromatic rings. The summed E-state index contributed by atoms with van der Waals surface area (Å²) in [6.07, 6.45) is 1.40. The zero-order chi connectivity index (χ0) is 9.14. The zero-order valence-corrected chi connectivity index (χ0v) is 6.24. The second-order valence-corrected chi connectivity index (χ2v) is 2.18. The second-order valence-electron chi connectivity index (χ2n) is 2.18. The highest BCUT2D eigenvalue weighted by molar-refractivity contribution is 5.04. The Kier molecular flexibility index (Phi) is 2.14. The predicted octanol–water partition coefficient (Wildman–Crippen LogP) is -1.20. The fourth-order valence-corrected chi connectivity index (χ4v) is 0.801. The minimum Gasteiger partial charge on any atom is -0.860 e. The SMILES string of the molecule is C=CCn1c([O-])cc(=O)[nH]c1=O. The number of hydrogen-bond donors (Lipinski definition) is 1. The van der Waals surface area contributed by atoms with Crippen LogP contribution >= 0.6 is 0 Å². The van der Waals surface area contributed by atoms with Crippen molar-refractivity contribution in [3.8, 4) is 5.88 Å². The second kappa shape index (κ2) is 3.08. The molecule has 1 N–H and O–H groups in total. The van der Waals surface area contributed by atoms with Gasteiger partial charge in [-0.25, -0.2) is 4.79 Å². The molecule has 0 amide bonds. The third kappa shape index (κ3) is 1.45. The van der Waals surface area contributed by atoms with Crippen LogP contribution in [0.15, 0.2) is 28.3 Å². The molecule has 0 spiro atoms. The summed E-state index contributed by atoms with van der Waals surface area (Å²) >= 11 is 0. The van der Waals surface area contributed by atoms with Crippen molar-refractivity contribution < 1.29 is 5.11 Å². The van der Waals surface area contributed by atoms with E-state index in [0.717, 1.165) is 10.6 Å². The van der Waals surface area contributed by atoms with E-state index in [9.17, 15) is 14.7 Å². The van der Waals surface area contributed by atoms with Gasteiger partial charge in [0.25, 0.3) is 5.56 Å². The maximum absolute atomic E-state index is 10.9. The molecule has 0 atom stereocenters. The van der Waals surface area contributed by atoms with Crippen LogP contribution in [0.25, 0.3) is 0 Å². The fraction of sp³-hybridized carbons (Fsp3) is 0.143. The van der Waals surface area contributed by atoms with Gasteiger partial charge in [-0.05, 0) is 5.88 Å². The quantitative estimate of drug-likeness (QED) is 0.562. The molecular weight excluding hydrogens is 160 g/mol. The lowest BCUT2D eigenvalue weighted by Crippen LogP contribution is -2.31. The Bertz CT molecular complexity index is 402. The molecule has 1 aromatic heterocycles. The number of rotatable bonds is 2. The minimum absolute atomic E-state index is 0.106. The Hall–Kier alpha value is -1.78. The van der Waals surface area contributed by atoms with E-state index in [1.165, 1.54) is 6.08 Å². The van der Waals surface area contributed by atoms with Gasteiger partial charge in [0.2, 0.25) is 0 Å². The first kappa shape index (κ1) is 8.32. The predicted molar refractivity (Wildman–Crippen MR) is 41.0 cm³/mol. The number of nitrogens with one attached hydrogen (secondary N) is 1. The summed E-state index contributed by atoms with van der Waals surface area (Å²) < 4.78 is 0.883. The molecule has 0 aromatic carbocycles. The van der Waals surface area contributed by atoms with Gasteiger partial charge in [-0.2, -0.15) is 0 Å². The normalized spacial score (nSPS) is 9.67. The molecule has 0 radical (unpaired) electrons. The van der Waals surface area contributed by atoms with Crippen molar-refractivity contribution in [2.24, 2.45) is 0 Å². The Morgan fingerprint density at radius 1 is 1.67 bits per heavy atom. The van der Waals surface area contributed by atoms with E-state index in [-0.39, 0.29) is 6.54 Å². The van der Waals surface area contributed by atoms with Crippen LogP contribution in [0, 0.1) is 0 Å². The number of aromatic amines is 1. The number of aromatic nitrogens is 2. The molecule has 0 aliphatic heterocycles. The van der Waals surface area contributed by atoms with Gasteiger partial charge in [-0.3, -0.25) is 9.78 Å². The average molecular weight is 167 g/mol. The first-order valence-electron chi connectivity index (χ1n) is 3.27. The van der Waals surface area contributed by atoms with E-state index >= 15 is 0 Å². The van der Waals surface area contributed by atoms with Crippen LogP contribution in [0.4, 0.5) is 0 Å². The summed E-state index contributed by atoms with van der Waals surface area (Å²) in [4.78, 5) is 23.5. The Morgan fingerprint density at radius 3 is 2.83 bits per heavy atom. The smallest absolute Gasteiger partial charge is 0.328 e. The van der Waals surface area contributed by atoms with Crippen molar-refractivity contribution in [3.05, 3.63) is 39.6 Å². The van der Waals surface area contributed by atoms with Crippen LogP contribution in [0.3, 0.4) is 0 Å². The Morgan fingerprint density at radius 2 is 2.33 bits per heavy atom. The molecule has 64 valence electrons. The number of nitrogens with zero attached hydrogens (tertiary/aromatic N) is 1. The molecule has 0 fully saturated rings. The van der Waals surface area contributed by atoms with Crippen molar-refractivity contribution in [1.82, 2.24) is 9.55 Å². The van der Waals surface area contributed by atoms with E-state index in [1.807, 2.05) is 4.98 Å². The van der Waals surface area contributed by atoms with E-state index in [1.54, 1.807) is 0 Å². The lowest BCUT2D eigenvalue weighted by Gasteiger charge is -2.12. The molecule has 0 bridgehead atoms. The molecule has 5 nitrogen and oxygen atoms in total. The third-order valence-corrected chi connectivity index (χ3v) is 1.31. The van der Waals surface area contributed by atoms with Crippen LogP contribution < -0.4 is 16.4 Å². The van der Waals surface area contributed by atoms with Crippen LogP contribution in [0.2, 0.25) is 0 Å². The van der Waals surface area contributed by atoms with Gasteiger partial charge in [-0.1, -0.05) is 6.08 Å². The van der Waals surface area contributed by atoms with Crippen LogP contribution in [-0.2, 0) is 6.54 Å². The molecule has 0 unspecified atom stereocenters. The highest BCUT2D eigenvalue weighted by atomic mass is 16.3. The standard InChI is InChI=1S/C7H8N2O3/c1-2-3-9-6(11)4-5(10)8-7(9)12/h2,4,11H,1,3H2,(H,8,10,12)/p-1. The van der Waals surface area contributed by atoms with Gasteiger partial charge >= 0.3 is 5.69 Å². The highest BCUT2D eigenvalue weighted by Crippen LogP contribution is 1.93. The summed E-state index contributed by atoms with van der Waals surface area (Å²) in [5.41, 5.74) is -1.38. The van der Waals surface area contributed by atoms with Gasteiger partial charge < -0.3 is 9.67 Å². The van der Waals surface area contributed by atoms with Crippen molar-refractivity contribution >= 4 is 0 Å². The third-order valence-electron chi connectivity index (χ3n) is 1.31. The molecule has 0 aliphatic carbocycles. The largest absolute Gasteiger partial charge is 0.860 e. The molecule has 5 heteroatoms. The van der Waals surface area contributed by atoms with Gasteiger partial charge in [0.1, 0.15) is 0 Å². The highest BCUT2D eigenvalue weighted by Gasteiger charge is 1.94. The van der Waals surface area contributed by atoms with E-state index in [2.05, 4.69) is 6.58 Å². The Balaban J connectivity index is 3.38. The molecule has 0 aliphatic rings. The van der Waals surface area contributed by atoms with E-state index in [0.29, 0.717) is 0 Å². The van der Waals surface area contributed by atoms with Gasteiger partial charge in [0.05, 0.1) is 0 Å². The number of hydrogen-bond acceptors (Lipinski definition) is 3. The lowest BCUT2D eigenvalue weighted by molar-refractivity contribution is -0.280. The lowest BCUT2D eigenvalue weighted by atomic mass is 10.5. The first-order valence-corrected chi connectivity index (χ1v) is 3.27. The monoisotopic (exact) mass is 167 g/mol. The minimum atomic E-state index is -0.701. The molecular formula is C7H7N2O3-. The number of allylic oxidation sites excluding steroid dienone is 1. The molecule has 1 heterocycles. The molecule has 0 saturated carbocycles. The van der Waals surface area contributed by atoms with Crippen LogP contribution in [0.5, 0.6) is 5.88 Å². The summed E-state index contributed by atoms with van der Waals surface area (Å²) in [7, 11) is 0. The maximum Gasteiger partial charge on any atom is 0.328 e. The van der Waals surface area contributed by atoms with Crippen molar-refractivity contribution in [1.29, 1.82) is 0 Å². The van der Waals surface area contributed by atoms with E-state index in [4.69, 9.17) is 0 Å². The fourth-order valence-electron chi connectivity index (χ4n) is 0.801. The van der Waals surface area contributed by atoms with Crippen LogP contribution in [0.1, 0.15) is 0 Å². The van der Waals surface area contributed by atoms with Crippen molar-refractivity contribution in [3.63, 3.8) is 0 Å². The summed E-state index contributed by atoms with van der Waals surface area (Å²) in [5.74, 6) is -0.608. The average Bonchev–Trinajstić information content (AvgIpc) is 1.96. The maximum atomic E-state index is 10.9. The van der Waals surface area contributed by atoms with Gasteiger partial charge in [0.15, 0.2) is 0 Å². The van der Waals surface area contributed by atoms with Crippen molar-refractivity contribution in [2.75, 3.05) is 0 Å². The summed E-state index contributed by atoms with van der Waals surface area (Å²) in [6, 6.07) is 0.824. The first-order chi connectivity index (χ1) is 5.65. The Labute approximate surface area is 67.6 Å². The van der Waals surface area contributed by atoms with E-state index < -0.39 is 17.1 Å². The topological polar surface area (TPSA) is 77.9 Å². The molecule has 12 heavy (non-hydrogen) atoms. The molecule has 0 saturated heterocycles. The summed E-state index contributed by atoms with van der Waals surface area (Å²) in [6.45, 7) is 3.48.